The van der Waals surface area contributed by atoms with Crippen molar-refractivity contribution >= 4 is 21.6 Å². The second-order valence-electron chi connectivity index (χ2n) is 6.70. The maximum Gasteiger partial charge on any atom is 0.0762 e. The lowest BCUT2D eigenvalue weighted by molar-refractivity contribution is 0.199. The first-order chi connectivity index (χ1) is 9.54. The third kappa shape index (κ3) is 2.75. The zero-order valence-electron chi connectivity index (χ0n) is 12.3. The number of nitrogens with zero attached hydrogens (tertiary/aromatic N) is 1. The van der Waals surface area contributed by atoms with Crippen molar-refractivity contribution in [2.24, 2.45) is 17.8 Å². The summed E-state index contributed by atoms with van der Waals surface area (Å²) in [5, 5.41) is 9.64. The highest BCUT2D eigenvalue weighted by atomic mass is 79.9. The highest BCUT2D eigenvalue weighted by molar-refractivity contribution is 9.10. The second kappa shape index (κ2) is 5.69. The Balaban J connectivity index is 1.69. The minimum atomic E-state index is -0.406. The van der Waals surface area contributed by atoms with Gasteiger partial charge in [-0.1, -0.05) is 12.5 Å². The van der Waals surface area contributed by atoms with Crippen LogP contribution in [0.2, 0.25) is 0 Å². The zero-order valence-corrected chi connectivity index (χ0v) is 13.9. The maximum atomic E-state index is 9.64. The summed E-state index contributed by atoms with van der Waals surface area (Å²) in [7, 11) is 2.19. The maximum absolute atomic E-state index is 9.64. The molecule has 2 saturated carbocycles. The van der Waals surface area contributed by atoms with E-state index in [4.69, 9.17) is 0 Å². The van der Waals surface area contributed by atoms with Crippen LogP contribution in [0.25, 0.3) is 0 Å². The summed E-state index contributed by atoms with van der Waals surface area (Å²) in [5.74, 6) is 2.86. The molecule has 0 radical (unpaired) electrons. The van der Waals surface area contributed by atoms with E-state index in [1.54, 1.807) is 6.92 Å². The summed E-state index contributed by atoms with van der Waals surface area (Å²) < 4.78 is 1.08. The normalized spacial score (nSPS) is 29.7. The minimum Gasteiger partial charge on any atom is -0.389 e. The van der Waals surface area contributed by atoms with Gasteiger partial charge in [-0.05, 0) is 77.6 Å². The van der Waals surface area contributed by atoms with Gasteiger partial charge in [-0.3, -0.25) is 0 Å². The van der Waals surface area contributed by atoms with Crippen LogP contribution in [0, 0.1) is 17.8 Å². The van der Waals surface area contributed by atoms with E-state index in [-0.39, 0.29) is 0 Å². The molecular formula is C17H24BrNO. The van der Waals surface area contributed by atoms with Gasteiger partial charge in [0.25, 0.3) is 0 Å². The molecule has 2 aliphatic carbocycles. The monoisotopic (exact) mass is 337 g/mol. The molecule has 3 rings (SSSR count). The molecule has 2 nitrogen and oxygen atoms in total. The molecule has 20 heavy (non-hydrogen) atoms. The number of aliphatic hydroxyl groups is 1. The number of aliphatic hydroxyl groups excluding tert-OH is 1. The Kier molecular flexibility index (Phi) is 4.09. The molecule has 1 N–H and O–H groups in total. The van der Waals surface area contributed by atoms with Gasteiger partial charge in [0.1, 0.15) is 0 Å². The van der Waals surface area contributed by atoms with Crippen molar-refractivity contribution in [3.05, 3.63) is 28.2 Å². The van der Waals surface area contributed by atoms with Gasteiger partial charge in [0, 0.05) is 18.1 Å². The van der Waals surface area contributed by atoms with Crippen molar-refractivity contribution in [1.82, 2.24) is 0 Å². The van der Waals surface area contributed by atoms with E-state index < -0.39 is 6.10 Å². The molecule has 3 heteroatoms. The highest BCUT2D eigenvalue weighted by Gasteiger charge is 2.39. The van der Waals surface area contributed by atoms with Crippen LogP contribution in [0.4, 0.5) is 5.69 Å². The van der Waals surface area contributed by atoms with E-state index in [1.165, 1.54) is 31.4 Å². The first-order valence-corrected chi connectivity index (χ1v) is 8.52. The Labute approximate surface area is 130 Å². The minimum absolute atomic E-state index is 0.406. The SMILES string of the molecule is CC(O)c1ccc(N(C)CC2CC3CCC2C3)c(Br)c1. The van der Waals surface area contributed by atoms with Crippen LogP contribution in [-0.4, -0.2) is 18.7 Å². The third-order valence-electron chi connectivity index (χ3n) is 5.26. The highest BCUT2D eigenvalue weighted by Crippen LogP contribution is 2.48. The first kappa shape index (κ1) is 14.4. The van der Waals surface area contributed by atoms with Gasteiger partial charge in [-0.2, -0.15) is 0 Å². The summed E-state index contributed by atoms with van der Waals surface area (Å²) in [4.78, 5) is 2.38. The Morgan fingerprint density at radius 2 is 2.15 bits per heavy atom. The molecule has 1 aromatic carbocycles. The molecule has 1 aromatic rings. The first-order valence-electron chi connectivity index (χ1n) is 7.73. The van der Waals surface area contributed by atoms with Gasteiger partial charge < -0.3 is 10.0 Å². The van der Waals surface area contributed by atoms with Gasteiger partial charge in [-0.15, -0.1) is 0 Å². The smallest absolute Gasteiger partial charge is 0.0762 e. The van der Waals surface area contributed by atoms with Crippen molar-refractivity contribution in [1.29, 1.82) is 0 Å². The van der Waals surface area contributed by atoms with Gasteiger partial charge in [-0.25, -0.2) is 0 Å². The van der Waals surface area contributed by atoms with Crippen LogP contribution < -0.4 is 4.90 Å². The molecule has 2 fully saturated rings. The lowest BCUT2D eigenvalue weighted by Crippen LogP contribution is -2.28. The summed E-state index contributed by atoms with van der Waals surface area (Å²) in [6, 6.07) is 6.19. The molecule has 0 heterocycles. The topological polar surface area (TPSA) is 23.5 Å². The second-order valence-corrected chi connectivity index (χ2v) is 7.56. The molecule has 2 aliphatic rings. The van der Waals surface area contributed by atoms with E-state index in [1.807, 2.05) is 12.1 Å². The average Bonchev–Trinajstić information content (AvgIpc) is 3.00. The molecule has 110 valence electrons. The Morgan fingerprint density at radius 1 is 1.35 bits per heavy atom. The van der Waals surface area contributed by atoms with Crippen LogP contribution in [0.5, 0.6) is 0 Å². The fourth-order valence-corrected chi connectivity index (χ4v) is 4.84. The molecule has 0 aromatic heterocycles. The predicted octanol–water partition coefficient (Wildman–Crippen LogP) is 4.37. The van der Waals surface area contributed by atoms with E-state index in [0.29, 0.717) is 0 Å². The molecule has 0 aliphatic heterocycles. The van der Waals surface area contributed by atoms with E-state index >= 15 is 0 Å². The van der Waals surface area contributed by atoms with Gasteiger partial charge in [0.05, 0.1) is 11.8 Å². The molecular weight excluding hydrogens is 314 g/mol. The largest absolute Gasteiger partial charge is 0.389 e. The lowest BCUT2D eigenvalue weighted by atomic mass is 9.88. The number of halogens is 1. The number of hydrogen-bond donors (Lipinski definition) is 1. The Hall–Kier alpha value is -0.540. The molecule has 0 saturated heterocycles. The van der Waals surface area contributed by atoms with Crippen molar-refractivity contribution in [3.63, 3.8) is 0 Å². The standard InChI is InChI=1S/C17H24BrNO/c1-11(20)13-5-6-17(16(18)9-13)19(2)10-15-8-12-3-4-14(15)7-12/h5-6,9,11-12,14-15,20H,3-4,7-8,10H2,1-2H3. The number of anilines is 1. The molecule has 4 atom stereocenters. The molecule has 0 amide bonds. The summed E-state index contributed by atoms with van der Waals surface area (Å²) in [6.07, 6.45) is 5.42. The van der Waals surface area contributed by atoms with Crippen LogP contribution in [0.1, 0.15) is 44.3 Å². The number of rotatable bonds is 4. The van der Waals surface area contributed by atoms with Crippen molar-refractivity contribution < 1.29 is 5.11 Å². The van der Waals surface area contributed by atoms with Gasteiger partial charge in [0.15, 0.2) is 0 Å². The quantitative estimate of drug-likeness (QED) is 0.881. The zero-order chi connectivity index (χ0) is 14.3. The van der Waals surface area contributed by atoms with Crippen molar-refractivity contribution in [3.8, 4) is 0 Å². The van der Waals surface area contributed by atoms with Crippen LogP contribution in [-0.2, 0) is 0 Å². The summed E-state index contributed by atoms with van der Waals surface area (Å²) >= 11 is 3.65. The lowest BCUT2D eigenvalue weighted by Gasteiger charge is -2.29. The number of fused-ring (bicyclic) bond motifs is 2. The van der Waals surface area contributed by atoms with Crippen LogP contribution >= 0.6 is 15.9 Å². The van der Waals surface area contributed by atoms with E-state index in [2.05, 4.69) is 33.9 Å². The number of benzene rings is 1. The van der Waals surface area contributed by atoms with Crippen molar-refractivity contribution in [2.45, 2.75) is 38.7 Å². The number of hydrogen-bond acceptors (Lipinski definition) is 2. The fraction of sp³-hybridized carbons (Fsp3) is 0.647. The third-order valence-corrected chi connectivity index (χ3v) is 5.89. The summed E-state index contributed by atoms with van der Waals surface area (Å²) in [6.45, 7) is 2.97. The molecule has 0 spiro atoms. The van der Waals surface area contributed by atoms with Crippen LogP contribution in [0.3, 0.4) is 0 Å². The van der Waals surface area contributed by atoms with Gasteiger partial charge >= 0.3 is 0 Å². The fourth-order valence-electron chi connectivity index (χ4n) is 4.14. The van der Waals surface area contributed by atoms with E-state index in [0.717, 1.165) is 34.3 Å². The van der Waals surface area contributed by atoms with Gasteiger partial charge in [0.2, 0.25) is 0 Å². The molecule has 4 unspecified atom stereocenters. The Bertz CT molecular complexity index is 488. The van der Waals surface area contributed by atoms with E-state index in [9.17, 15) is 5.11 Å². The average molecular weight is 338 g/mol. The summed E-state index contributed by atoms with van der Waals surface area (Å²) in [5.41, 5.74) is 2.20. The Morgan fingerprint density at radius 3 is 2.70 bits per heavy atom. The molecule has 2 bridgehead atoms. The predicted molar refractivity (Wildman–Crippen MR) is 87.0 cm³/mol. The van der Waals surface area contributed by atoms with Crippen LogP contribution in [0.15, 0.2) is 22.7 Å². The van der Waals surface area contributed by atoms with Crippen molar-refractivity contribution in [2.75, 3.05) is 18.5 Å².